The number of nitrogens with zero attached hydrogens (tertiary/aromatic N) is 2. The molecule has 1 aromatic heterocycles. The molecule has 1 aliphatic rings. The van der Waals surface area contributed by atoms with E-state index in [9.17, 15) is 9.59 Å². The largest absolute Gasteiger partial charge is 0.283 e. The summed E-state index contributed by atoms with van der Waals surface area (Å²) in [7, 11) is 0. The van der Waals surface area contributed by atoms with E-state index in [1.165, 1.54) is 4.90 Å². The Morgan fingerprint density at radius 2 is 2.06 bits per heavy atom. The molecule has 0 radical (unpaired) electrons. The smallest absolute Gasteiger partial charge is 0.236 e. The Bertz CT molecular complexity index is 474. The van der Waals surface area contributed by atoms with Gasteiger partial charge in [-0.15, -0.1) is 0 Å². The highest BCUT2D eigenvalue weighted by Gasteiger charge is 2.48. The molecule has 1 saturated heterocycles. The summed E-state index contributed by atoms with van der Waals surface area (Å²) in [5.74, 6) is -0.0950. The van der Waals surface area contributed by atoms with Crippen LogP contribution in [0.5, 0.6) is 0 Å². The lowest BCUT2D eigenvalue weighted by Crippen LogP contribution is -2.34. The van der Waals surface area contributed by atoms with Gasteiger partial charge in [-0.05, 0) is 19.8 Å². The van der Waals surface area contributed by atoms with Gasteiger partial charge in [-0.3, -0.25) is 19.6 Å². The number of rotatable bonds is 4. The summed E-state index contributed by atoms with van der Waals surface area (Å²) in [6.45, 7) is 6.17. The highest BCUT2D eigenvalue weighted by atomic mass is 16.2. The lowest BCUT2D eigenvalue weighted by Gasteiger charge is -2.23. The Morgan fingerprint density at radius 1 is 1.39 bits per heavy atom. The van der Waals surface area contributed by atoms with Crippen molar-refractivity contribution in [1.29, 1.82) is 0 Å². The Balaban J connectivity index is 2.23. The average molecular weight is 249 g/mol. The second-order valence-electron chi connectivity index (χ2n) is 4.97. The van der Waals surface area contributed by atoms with Gasteiger partial charge in [0.15, 0.2) is 0 Å². The van der Waals surface area contributed by atoms with Gasteiger partial charge in [0.25, 0.3) is 0 Å². The number of hydrogen-bond acceptors (Lipinski definition) is 3. The number of hydrogen-bond donors (Lipinski definition) is 1. The van der Waals surface area contributed by atoms with Gasteiger partial charge < -0.3 is 0 Å². The van der Waals surface area contributed by atoms with Crippen LogP contribution in [0.4, 0.5) is 0 Å². The van der Waals surface area contributed by atoms with Gasteiger partial charge in [-0.2, -0.15) is 5.10 Å². The van der Waals surface area contributed by atoms with E-state index in [1.807, 2.05) is 20.8 Å². The molecule has 0 unspecified atom stereocenters. The normalized spacial score (nSPS) is 18.7. The predicted molar refractivity (Wildman–Crippen MR) is 66.5 cm³/mol. The minimum Gasteiger partial charge on any atom is -0.283 e. The molecule has 1 N–H and O–H groups in total. The molecule has 1 fully saturated rings. The third-order valence-electron chi connectivity index (χ3n) is 4.11. The molecule has 98 valence electrons. The maximum atomic E-state index is 12.4. The maximum absolute atomic E-state index is 12.4. The Kier molecular flexibility index (Phi) is 3.24. The standard InChI is InChI=1S/C13H19N3O2/c1-4-13(5-2)6-11(17)16(12(13)18)8-10-7-14-15-9(10)3/h7H,4-6,8H2,1-3H3,(H,14,15). The molecule has 0 bridgehead atoms. The molecule has 0 atom stereocenters. The van der Waals surface area contributed by atoms with Crippen LogP contribution in [0.2, 0.25) is 0 Å². The molecule has 1 aromatic rings. The Hall–Kier alpha value is -1.65. The van der Waals surface area contributed by atoms with Crippen molar-refractivity contribution in [2.24, 2.45) is 5.41 Å². The number of amides is 2. The number of aromatic amines is 1. The number of imide groups is 1. The van der Waals surface area contributed by atoms with E-state index in [0.29, 0.717) is 13.0 Å². The van der Waals surface area contributed by atoms with E-state index in [0.717, 1.165) is 24.1 Å². The van der Waals surface area contributed by atoms with Gasteiger partial charge in [-0.1, -0.05) is 13.8 Å². The van der Waals surface area contributed by atoms with Crippen LogP contribution in [0.1, 0.15) is 44.4 Å². The first kappa shape index (κ1) is 12.8. The van der Waals surface area contributed by atoms with Crippen molar-refractivity contribution in [3.8, 4) is 0 Å². The van der Waals surface area contributed by atoms with Crippen molar-refractivity contribution in [3.05, 3.63) is 17.5 Å². The number of nitrogens with one attached hydrogen (secondary N) is 1. The fourth-order valence-electron chi connectivity index (χ4n) is 2.53. The molecule has 1 aliphatic heterocycles. The second-order valence-corrected chi connectivity index (χ2v) is 4.97. The topological polar surface area (TPSA) is 66.1 Å². The zero-order valence-electron chi connectivity index (χ0n) is 11.1. The molecular weight excluding hydrogens is 230 g/mol. The monoisotopic (exact) mass is 249 g/mol. The molecule has 2 heterocycles. The van der Waals surface area contributed by atoms with Gasteiger partial charge in [0.2, 0.25) is 11.8 Å². The lowest BCUT2D eigenvalue weighted by atomic mass is 9.81. The number of aryl methyl sites for hydroxylation is 1. The molecule has 5 heteroatoms. The summed E-state index contributed by atoms with van der Waals surface area (Å²) in [6, 6.07) is 0. The number of carbonyl (C=O) groups is 2. The van der Waals surface area contributed by atoms with Crippen molar-refractivity contribution in [2.45, 2.75) is 46.6 Å². The van der Waals surface area contributed by atoms with Gasteiger partial charge in [0, 0.05) is 17.7 Å². The predicted octanol–water partition coefficient (Wildman–Crippen LogP) is 1.78. The first-order valence-corrected chi connectivity index (χ1v) is 6.37. The summed E-state index contributed by atoms with van der Waals surface area (Å²) in [4.78, 5) is 25.8. The summed E-state index contributed by atoms with van der Waals surface area (Å²) in [6.07, 6.45) is 3.45. The molecule has 18 heavy (non-hydrogen) atoms. The molecular formula is C13H19N3O2. The lowest BCUT2D eigenvalue weighted by molar-refractivity contribution is -0.142. The first-order valence-electron chi connectivity index (χ1n) is 6.37. The van der Waals surface area contributed by atoms with Crippen LogP contribution in [0.15, 0.2) is 6.20 Å². The second kappa shape index (κ2) is 4.55. The SMILES string of the molecule is CCC1(CC)CC(=O)N(Cc2cn[nH]c2C)C1=O. The summed E-state index contributed by atoms with van der Waals surface area (Å²) in [5, 5.41) is 6.74. The number of aromatic nitrogens is 2. The molecule has 5 nitrogen and oxygen atoms in total. The van der Waals surface area contributed by atoms with Gasteiger partial charge >= 0.3 is 0 Å². The molecule has 0 aromatic carbocycles. The highest BCUT2D eigenvalue weighted by molar-refractivity contribution is 6.05. The minimum absolute atomic E-state index is 0.0295. The number of H-pyrrole nitrogens is 1. The minimum atomic E-state index is -0.477. The fraction of sp³-hybridized carbons (Fsp3) is 0.615. The van der Waals surface area contributed by atoms with E-state index < -0.39 is 5.41 Å². The third-order valence-corrected chi connectivity index (χ3v) is 4.11. The molecule has 0 saturated carbocycles. The summed E-state index contributed by atoms with van der Waals surface area (Å²) in [5.41, 5.74) is 1.33. The van der Waals surface area contributed by atoms with Crippen LogP contribution in [0.25, 0.3) is 0 Å². The van der Waals surface area contributed by atoms with Crippen LogP contribution < -0.4 is 0 Å². The zero-order chi connectivity index (χ0) is 13.3. The maximum Gasteiger partial charge on any atom is 0.236 e. The van der Waals surface area contributed by atoms with Gasteiger partial charge in [0.1, 0.15) is 0 Å². The highest BCUT2D eigenvalue weighted by Crippen LogP contribution is 2.39. The van der Waals surface area contributed by atoms with Crippen molar-refractivity contribution in [1.82, 2.24) is 15.1 Å². The Labute approximate surface area is 107 Å². The van der Waals surface area contributed by atoms with E-state index in [4.69, 9.17) is 0 Å². The van der Waals surface area contributed by atoms with E-state index in [1.54, 1.807) is 6.20 Å². The van der Waals surface area contributed by atoms with Crippen molar-refractivity contribution in [3.63, 3.8) is 0 Å². The molecule has 2 rings (SSSR count). The van der Waals surface area contributed by atoms with E-state index in [-0.39, 0.29) is 11.8 Å². The Morgan fingerprint density at radius 3 is 2.50 bits per heavy atom. The molecule has 2 amide bonds. The van der Waals surface area contributed by atoms with Crippen LogP contribution in [0, 0.1) is 12.3 Å². The quantitative estimate of drug-likeness (QED) is 0.827. The average Bonchev–Trinajstić information content (AvgIpc) is 2.86. The van der Waals surface area contributed by atoms with Crippen molar-refractivity contribution >= 4 is 11.8 Å². The van der Waals surface area contributed by atoms with Crippen LogP contribution >= 0.6 is 0 Å². The van der Waals surface area contributed by atoms with Crippen molar-refractivity contribution in [2.75, 3.05) is 0 Å². The molecule has 0 spiro atoms. The molecule has 0 aliphatic carbocycles. The summed E-state index contributed by atoms with van der Waals surface area (Å²) < 4.78 is 0. The summed E-state index contributed by atoms with van der Waals surface area (Å²) >= 11 is 0. The number of carbonyl (C=O) groups excluding carboxylic acids is 2. The van der Waals surface area contributed by atoms with Gasteiger partial charge in [-0.25, -0.2) is 0 Å². The van der Waals surface area contributed by atoms with Crippen LogP contribution in [-0.2, 0) is 16.1 Å². The van der Waals surface area contributed by atoms with E-state index in [2.05, 4.69) is 10.2 Å². The zero-order valence-corrected chi connectivity index (χ0v) is 11.1. The third kappa shape index (κ3) is 1.83. The fourth-order valence-corrected chi connectivity index (χ4v) is 2.53. The van der Waals surface area contributed by atoms with E-state index >= 15 is 0 Å². The van der Waals surface area contributed by atoms with Crippen LogP contribution in [0.3, 0.4) is 0 Å². The van der Waals surface area contributed by atoms with Crippen LogP contribution in [-0.4, -0.2) is 26.9 Å². The first-order chi connectivity index (χ1) is 8.54. The number of likely N-dealkylation sites (tertiary alicyclic amines) is 1. The van der Waals surface area contributed by atoms with Crippen molar-refractivity contribution < 1.29 is 9.59 Å². The van der Waals surface area contributed by atoms with Gasteiger partial charge in [0.05, 0.1) is 18.2 Å².